The Morgan fingerprint density at radius 3 is 3.08 bits per heavy atom. The largest absolute Gasteiger partial charge is 0.472 e. The molecule has 1 aromatic heterocycles. The van der Waals surface area contributed by atoms with E-state index in [9.17, 15) is 0 Å². The van der Waals surface area contributed by atoms with Crippen LogP contribution in [-0.2, 0) is 6.54 Å². The summed E-state index contributed by atoms with van der Waals surface area (Å²) in [6.45, 7) is 3.25. The third kappa shape index (κ3) is 1.68. The molecule has 3 heteroatoms. The highest BCUT2D eigenvalue weighted by atomic mass is 16.3. The second kappa shape index (κ2) is 3.29. The van der Waals surface area contributed by atoms with Crippen LogP contribution in [0.25, 0.3) is 0 Å². The van der Waals surface area contributed by atoms with E-state index in [1.165, 1.54) is 5.56 Å². The van der Waals surface area contributed by atoms with Gasteiger partial charge in [-0.3, -0.25) is 0 Å². The molecule has 0 aromatic carbocycles. The van der Waals surface area contributed by atoms with Crippen molar-refractivity contribution in [3.05, 3.63) is 24.2 Å². The third-order valence-electron chi connectivity index (χ3n) is 2.24. The molecule has 0 aliphatic carbocycles. The van der Waals surface area contributed by atoms with E-state index in [0.717, 1.165) is 19.6 Å². The number of hydrogen-bond acceptors (Lipinski definition) is 3. The van der Waals surface area contributed by atoms with Crippen LogP contribution >= 0.6 is 0 Å². The molecule has 0 saturated carbocycles. The first-order chi connectivity index (χ1) is 5.84. The highest BCUT2D eigenvalue weighted by Gasteiger charge is 2.21. The predicted octanol–water partition coefficient (Wildman–Crippen LogP) is 0.683. The number of nitrogens with one attached hydrogen (secondary N) is 1. The summed E-state index contributed by atoms with van der Waals surface area (Å²) in [4.78, 5) is 2.30. The van der Waals surface area contributed by atoms with Crippen molar-refractivity contribution in [3.8, 4) is 0 Å². The van der Waals surface area contributed by atoms with Crippen LogP contribution in [0.5, 0.6) is 0 Å². The fourth-order valence-corrected chi connectivity index (χ4v) is 1.48. The lowest BCUT2D eigenvalue weighted by atomic mass is 10.1. The van der Waals surface area contributed by atoms with Crippen LogP contribution in [-0.4, -0.2) is 31.1 Å². The summed E-state index contributed by atoms with van der Waals surface area (Å²) in [6.07, 6.45) is 3.50. The van der Waals surface area contributed by atoms with Gasteiger partial charge in [-0.1, -0.05) is 0 Å². The fraction of sp³-hybridized carbons (Fsp3) is 0.556. The molecule has 0 bridgehead atoms. The van der Waals surface area contributed by atoms with Crippen molar-refractivity contribution in [2.75, 3.05) is 20.1 Å². The topological polar surface area (TPSA) is 28.4 Å². The second-order valence-electron chi connectivity index (χ2n) is 3.43. The zero-order valence-electron chi connectivity index (χ0n) is 7.29. The fourth-order valence-electron chi connectivity index (χ4n) is 1.48. The minimum Gasteiger partial charge on any atom is -0.472 e. The first-order valence-electron chi connectivity index (χ1n) is 4.27. The van der Waals surface area contributed by atoms with Gasteiger partial charge in [0.1, 0.15) is 0 Å². The molecule has 0 spiro atoms. The van der Waals surface area contributed by atoms with E-state index in [2.05, 4.69) is 17.3 Å². The van der Waals surface area contributed by atoms with E-state index >= 15 is 0 Å². The Labute approximate surface area is 72.4 Å². The van der Waals surface area contributed by atoms with Crippen molar-refractivity contribution in [2.45, 2.75) is 12.6 Å². The molecule has 1 fully saturated rings. The molecular weight excluding hydrogens is 152 g/mol. The van der Waals surface area contributed by atoms with Crippen molar-refractivity contribution < 1.29 is 4.42 Å². The van der Waals surface area contributed by atoms with Gasteiger partial charge in [0, 0.05) is 31.2 Å². The maximum absolute atomic E-state index is 4.97. The van der Waals surface area contributed by atoms with Gasteiger partial charge in [-0.2, -0.15) is 0 Å². The van der Waals surface area contributed by atoms with Gasteiger partial charge < -0.3 is 14.6 Å². The highest BCUT2D eigenvalue weighted by molar-refractivity contribution is 5.05. The van der Waals surface area contributed by atoms with Crippen molar-refractivity contribution in [1.82, 2.24) is 10.2 Å². The second-order valence-corrected chi connectivity index (χ2v) is 3.43. The van der Waals surface area contributed by atoms with Crippen LogP contribution in [0.15, 0.2) is 23.0 Å². The predicted molar refractivity (Wildman–Crippen MR) is 46.8 cm³/mol. The van der Waals surface area contributed by atoms with Gasteiger partial charge in [-0.25, -0.2) is 0 Å². The van der Waals surface area contributed by atoms with Crippen molar-refractivity contribution in [3.63, 3.8) is 0 Å². The number of nitrogens with zero attached hydrogens (tertiary/aromatic N) is 1. The van der Waals surface area contributed by atoms with Crippen molar-refractivity contribution >= 4 is 0 Å². The molecule has 1 aliphatic heterocycles. The summed E-state index contributed by atoms with van der Waals surface area (Å²) in [5.74, 6) is 0. The summed E-state index contributed by atoms with van der Waals surface area (Å²) >= 11 is 0. The number of likely N-dealkylation sites (N-methyl/N-ethyl adjacent to an activating group) is 1. The molecule has 1 aliphatic rings. The van der Waals surface area contributed by atoms with Crippen LogP contribution in [0.3, 0.4) is 0 Å². The molecule has 1 saturated heterocycles. The van der Waals surface area contributed by atoms with Crippen molar-refractivity contribution in [1.29, 1.82) is 0 Å². The lowest BCUT2D eigenvalue weighted by Crippen LogP contribution is -2.55. The van der Waals surface area contributed by atoms with E-state index < -0.39 is 0 Å². The lowest BCUT2D eigenvalue weighted by Gasteiger charge is -2.36. The number of furan rings is 1. The van der Waals surface area contributed by atoms with Gasteiger partial charge in [0.2, 0.25) is 0 Å². The van der Waals surface area contributed by atoms with Gasteiger partial charge in [0.05, 0.1) is 12.5 Å². The third-order valence-corrected chi connectivity index (χ3v) is 2.24. The maximum atomic E-state index is 4.97. The Kier molecular flexibility index (Phi) is 2.15. The molecule has 66 valence electrons. The van der Waals surface area contributed by atoms with Gasteiger partial charge in [-0.05, 0) is 13.1 Å². The quantitative estimate of drug-likeness (QED) is 0.716. The summed E-state index contributed by atoms with van der Waals surface area (Å²) in [5, 5.41) is 3.45. The summed E-state index contributed by atoms with van der Waals surface area (Å²) in [6, 6.07) is 2.67. The Hall–Kier alpha value is -0.800. The molecule has 0 atom stereocenters. The van der Waals surface area contributed by atoms with Gasteiger partial charge >= 0.3 is 0 Å². The van der Waals surface area contributed by atoms with E-state index in [1.54, 1.807) is 12.5 Å². The van der Waals surface area contributed by atoms with E-state index in [-0.39, 0.29) is 0 Å². The number of hydrogen-bond donors (Lipinski definition) is 1. The summed E-state index contributed by atoms with van der Waals surface area (Å²) in [7, 11) is 2.13. The summed E-state index contributed by atoms with van der Waals surface area (Å²) in [5.41, 5.74) is 1.23. The van der Waals surface area contributed by atoms with Gasteiger partial charge in [0.15, 0.2) is 0 Å². The molecule has 2 rings (SSSR count). The zero-order chi connectivity index (χ0) is 8.39. The SMILES string of the molecule is CN1CC(NCc2ccoc2)C1. The minimum absolute atomic E-state index is 0.671. The first kappa shape index (κ1) is 7.83. The molecule has 1 aromatic rings. The van der Waals surface area contributed by atoms with Gasteiger partial charge in [0.25, 0.3) is 0 Å². The molecule has 1 N–H and O–H groups in total. The normalized spacial score (nSPS) is 19.4. The monoisotopic (exact) mass is 166 g/mol. The van der Waals surface area contributed by atoms with Gasteiger partial charge in [-0.15, -0.1) is 0 Å². The van der Waals surface area contributed by atoms with Crippen molar-refractivity contribution in [2.24, 2.45) is 0 Å². The lowest BCUT2D eigenvalue weighted by molar-refractivity contribution is 0.161. The first-order valence-corrected chi connectivity index (χ1v) is 4.27. The van der Waals surface area contributed by atoms with E-state index in [1.807, 2.05) is 6.07 Å². The Bertz CT molecular complexity index is 227. The van der Waals surface area contributed by atoms with Crippen LogP contribution in [0.1, 0.15) is 5.56 Å². The standard InChI is InChI=1S/C9H14N2O/c1-11-5-9(6-11)10-4-8-2-3-12-7-8/h2-3,7,9-10H,4-6H2,1H3. The van der Waals surface area contributed by atoms with E-state index in [4.69, 9.17) is 4.42 Å². The Morgan fingerprint density at radius 1 is 1.67 bits per heavy atom. The average molecular weight is 166 g/mol. The minimum atomic E-state index is 0.671. The Balaban J connectivity index is 1.70. The summed E-state index contributed by atoms with van der Waals surface area (Å²) < 4.78 is 4.97. The zero-order valence-corrected chi connectivity index (χ0v) is 7.29. The molecular formula is C9H14N2O. The highest BCUT2D eigenvalue weighted by Crippen LogP contribution is 2.05. The molecule has 2 heterocycles. The van der Waals surface area contributed by atoms with Crippen LogP contribution in [0.4, 0.5) is 0 Å². The molecule has 3 nitrogen and oxygen atoms in total. The van der Waals surface area contributed by atoms with E-state index in [0.29, 0.717) is 6.04 Å². The maximum Gasteiger partial charge on any atom is 0.0947 e. The Morgan fingerprint density at radius 2 is 2.50 bits per heavy atom. The molecule has 12 heavy (non-hydrogen) atoms. The average Bonchev–Trinajstić information content (AvgIpc) is 2.47. The molecule has 0 radical (unpaired) electrons. The smallest absolute Gasteiger partial charge is 0.0947 e. The van der Waals surface area contributed by atoms with Crippen LogP contribution in [0, 0.1) is 0 Å². The van der Waals surface area contributed by atoms with Crippen LogP contribution in [0.2, 0.25) is 0 Å². The molecule has 0 amide bonds. The van der Waals surface area contributed by atoms with Crippen LogP contribution < -0.4 is 5.32 Å². The number of likely N-dealkylation sites (tertiary alicyclic amines) is 1. The number of rotatable bonds is 3. The molecule has 0 unspecified atom stereocenters.